The van der Waals surface area contributed by atoms with Crippen LogP contribution in [0.4, 0.5) is 5.69 Å². The average Bonchev–Trinajstić information content (AvgIpc) is 2.52. The Labute approximate surface area is 123 Å². The molecule has 0 saturated carbocycles. The lowest BCUT2D eigenvalue weighted by Gasteiger charge is -2.24. The molecule has 0 radical (unpaired) electrons. The van der Waals surface area contributed by atoms with Crippen molar-refractivity contribution in [3.05, 3.63) is 24.3 Å². The van der Waals surface area contributed by atoms with Gasteiger partial charge in [0.25, 0.3) is 0 Å². The fourth-order valence-corrected chi connectivity index (χ4v) is 1.63. The van der Waals surface area contributed by atoms with E-state index in [1.54, 1.807) is 24.3 Å². The van der Waals surface area contributed by atoms with E-state index in [1.807, 2.05) is 0 Å². The van der Waals surface area contributed by atoms with Gasteiger partial charge in [-0.25, -0.2) is 0 Å². The van der Waals surface area contributed by atoms with Crippen molar-refractivity contribution in [3.63, 3.8) is 0 Å². The zero-order chi connectivity index (χ0) is 15.7. The number of methoxy groups -OCH3 is 2. The van der Waals surface area contributed by atoms with Crippen LogP contribution in [-0.4, -0.2) is 45.9 Å². The van der Waals surface area contributed by atoms with Gasteiger partial charge in [-0.3, -0.25) is 9.59 Å². The molecule has 0 spiro atoms. The lowest BCUT2D eigenvalue weighted by Crippen LogP contribution is -2.35. The number of benzene rings is 1. The highest BCUT2D eigenvalue weighted by Gasteiger charge is 2.19. The van der Waals surface area contributed by atoms with Crippen LogP contribution in [0, 0.1) is 12.3 Å². The van der Waals surface area contributed by atoms with Gasteiger partial charge in [0.15, 0.2) is 0 Å². The molecule has 0 atom stereocenters. The topological polar surface area (TPSA) is 65.1 Å². The second-order valence-corrected chi connectivity index (χ2v) is 3.97. The molecule has 1 aromatic carbocycles. The zero-order valence-corrected chi connectivity index (χ0v) is 12.0. The van der Waals surface area contributed by atoms with Crippen molar-refractivity contribution >= 4 is 17.6 Å². The van der Waals surface area contributed by atoms with Crippen molar-refractivity contribution < 1.29 is 23.8 Å². The average molecular weight is 291 g/mol. The van der Waals surface area contributed by atoms with Crippen molar-refractivity contribution in [2.45, 2.75) is 0 Å². The highest BCUT2D eigenvalue weighted by molar-refractivity contribution is 5.82. The highest BCUT2D eigenvalue weighted by atomic mass is 16.5. The summed E-state index contributed by atoms with van der Waals surface area (Å²) in [5, 5.41) is 0. The van der Waals surface area contributed by atoms with Gasteiger partial charge < -0.3 is 19.1 Å². The molecule has 1 aromatic rings. The van der Waals surface area contributed by atoms with Crippen molar-refractivity contribution in [1.82, 2.24) is 0 Å². The summed E-state index contributed by atoms with van der Waals surface area (Å²) in [6.45, 7) is -0.134. The molecule has 0 fully saturated rings. The van der Waals surface area contributed by atoms with Gasteiger partial charge >= 0.3 is 11.9 Å². The summed E-state index contributed by atoms with van der Waals surface area (Å²) in [5.74, 6) is 1.88. The third-order valence-electron chi connectivity index (χ3n) is 2.61. The van der Waals surface area contributed by atoms with Gasteiger partial charge in [0.2, 0.25) is 0 Å². The first-order chi connectivity index (χ1) is 10.1. The minimum absolute atomic E-state index is 0.0846. The number of hydrogen-bond donors (Lipinski definition) is 0. The van der Waals surface area contributed by atoms with Crippen molar-refractivity contribution in [2.24, 2.45) is 0 Å². The minimum Gasteiger partial charge on any atom is -0.479 e. The number of esters is 2. The molecule has 0 heterocycles. The molecule has 6 nitrogen and oxygen atoms in total. The Morgan fingerprint density at radius 2 is 1.71 bits per heavy atom. The molecule has 0 aliphatic heterocycles. The fraction of sp³-hybridized carbons (Fsp3) is 0.333. The summed E-state index contributed by atoms with van der Waals surface area (Å²) in [6, 6.07) is 6.95. The van der Waals surface area contributed by atoms with Crippen LogP contribution in [0.1, 0.15) is 0 Å². The molecule has 0 aliphatic carbocycles. The second kappa shape index (κ2) is 8.48. The Bertz CT molecular complexity index is 517. The summed E-state index contributed by atoms with van der Waals surface area (Å²) < 4.78 is 14.7. The monoisotopic (exact) mass is 291 g/mol. The van der Waals surface area contributed by atoms with Crippen molar-refractivity contribution in [3.8, 4) is 18.1 Å². The Balaban J connectivity index is 3.03. The first kappa shape index (κ1) is 16.4. The number of para-hydroxylation sites is 2. The van der Waals surface area contributed by atoms with Crippen LogP contribution in [0.15, 0.2) is 24.3 Å². The lowest BCUT2D eigenvalue weighted by atomic mass is 10.2. The molecular weight excluding hydrogens is 274 g/mol. The zero-order valence-electron chi connectivity index (χ0n) is 12.0. The maximum atomic E-state index is 11.5. The summed E-state index contributed by atoms with van der Waals surface area (Å²) >= 11 is 0. The molecular formula is C15H17NO5. The van der Waals surface area contributed by atoms with Gasteiger partial charge in [-0.05, 0) is 12.1 Å². The molecule has 0 N–H and O–H groups in total. The largest absolute Gasteiger partial charge is 0.479 e. The van der Waals surface area contributed by atoms with Crippen LogP contribution in [-0.2, 0) is 19.1 Å². The Kier molecular flexibility index (Phi) is 6.61. The van der Waals surface area contributed by atoms with Gasteiger partial charge in [0.05, 0.1) is 19.9 Å². The third-order valence-corrected chi connectivity index (χ3v) is 2.61. The summed E-state index contributed by atoms with van der Waals surface area (Å²) in [4.78, 5) is 24.5. The van der Waals surface area contributed by atoms with Crippen LogP contribution in [0.25, 0.3) is 0 Å². The third kappa shape index (κ3) is 5.07. The fourth-order valence-electron chi connectivity index (χ4n) is 1.63. The molecule has 1 rings (SSSR count). The first-order valence-electron chi connectivity index (χ1n) is 6.16. The predicted molar refractivity (Wildman–Crippen MR) is 77.0 cm³/mol. The quantitative estimate of drug-likeness (QED) is 0.548. The van der Waals surface area contributed by atoms with E-state index in [2.05, 4.69) is 15.4 Å². The van der Waals surface area contributed by atoms with E-state index >= 15 is 0 Å². The van der Waals surface area contributed by atoms with E-state index in [9.17, 15) is 9.59 Å². The van der Waals surface area contributed by atoms with Gasteiger partial charge in [-0.15, -0.1) is 6.42 Å². The molecule has 0 bridgehead atoms. The van der Waals surface area contributed by atoms with Crippen LogP contribution in [0.3, 0.4) is 0 Å². The van der Waals surface area contributed by atoms with Gasteiger partial charge in [0, 0.05) is 0 Å². The van der Waals surface area contributed by atoms with E-state index in [-0.39, 0.29) is 19.7 Å². The van der Waals surface area contributed by atoms with Crippen LogP contribution < -0.4 is 9.64 Å². The molecule has 21 heavy (non-hydrogen) atoms. The SMILES string of the molecule is C#CCOc1ccccc1N(CC(=O)OC)CC(=O)OC. The molecule has 0 unspecified atom stereocenters. The molecule has 0 aliphatic rings. The number of anilines is 1. The highest BCUT2D eigenvalue weighted by Crippen LogP contribution is 2.27. The lowest BCUT2D eigenvalue weighted by molar-refractivity contribution is -0.140. The number of rotatable bonds is 7. The molecule has 0 aromatic heterocycles. The maximum Gasteiger partial charge on any atom is 0.325 e. The van der Waals surface area contributed by atoms with Crippen LogP contribution >= 0.6 is 0 Å². The number of ether oxygens (including phenoxy) is 3. The van der Waals surface area contributed by atoms with Crippen LogP contribution in [0.5, 0.6) is 5.75 Å². The minimum atomic E-state index is -0.481. The number of terminal acetylenes is 1. The number of carbonyl (C=O) groups excluding carboxylic acids is 2. The van der Waals surface area contributed by atoms with E-state index in [0.717, 1.165) is 0 Å². The first-order valence-corrected chi connectivity index (χ1v) is 6.16. The molecule has 0 amide bonds. The van der Waals surface area contributed by atoms with Gasteiger partial charge in [0.1, 0.15) is 25.4 Å². The standard InChI is InChI=1S/C15H17NO5/c1-4-9-21-13-8-6-5-7-12(13)16(10-14(17)19-2)11-15(18)20-3/h1,5-8H,9-11H2,2-3H3. The number of hydrogen-bond acceptors (Lipinski definition) is 6. The Hall–Kier alpha value is -2.68. The molecule has 0 saturated heterocycles. The smallest absolute Gasteiger partial charge is 0.325 e. The van der Waals surface area contributed by atoms with Gasteiger partial charge in [-0.1, -0.05) is 18.1 Å². The summed E-state index contributed by atoms with van der Waals surface area (Å²) in [7, 11) is 2.55. The van der Waals surface area contributed by atoms with E-state index in [0.29, 0.717) is 11.4 Å². The van der Waals surface area contributed by atoms with Crippen LogP contribution in [0.2, 0.25) is 0 Å². The normalized spacial score (nSPS) is 9.38. The summed E-state index contributed by atoms with van der Waals surface area (Å²) in [6.07, 6.45) is 5.17. The number of carbonyl (C=O) groups is 2. The number of nitrogens with zero attached hydrogens (tertiary/aromatic N) is 1. The van der Waals surface area contributed by atoms with Crippen molar-refractivity contribution in [2.75, 3.05) is 38.8 Å². The predicted octanol–water partition coefficient (Wildman–Crippen LogP) is 0.851. The maximum absolute atomic E-state index is 11.5. The van der Waals surface area contributed by atoms with E-state index < -0.39 is 11.9 Å². The van der Waals surface area contributed by atoms with E-state index in [4.69, 9.17) is 11.2 Å². The van der Waals surface area contributed by atoms with Crippen molar-refractivity contribution in [1.29, 1.82) is 0 Å². The molecule has 6 heteroatoms. The second-order valence-electron chi connectivity index (χ2n) is 3.97. The Morgan fingerprint density at radius 3 is 2.24 bits per heavy atom. The Morgan fingerprint density at radius 1 is 1.14 bits per heavy atom. The van der Waals surface area contributed by atoms with E-state index in [1.165, 1.54) is 19.1 Å². The van der Waals surface area contributed by atoms with Gasteiger partial charge in [-0.2, -0.15) is 0 Å². The molecule has 112 valence electrons. The summed E-state index contributed by atoms with van der Waals surface area (Å²) in [5.41, 5.74) is 0.559.